The molecule has 3 aliphatic rings. The zero-order valence-corrected chi connectivity index (χ0v) is 42.9. The van der Waals surface area contributed by atoms with Crippen LogP contribution in [0.1, 0.15) is 29.2 Å². The van der Waals surface area contributed by atoms with Crippen LogP contribution in [-0.4, -0.2) is 13.7 Å². The third-order valence-electron chi connectivity index (χ3n) is 18.0. The van der Waals surface area contributed by atoms with Gasteiger partial charge in [0.1, 0.15) is 0 Å². The highest BCUT2D eigenvalue weighted by Gasteiger charge is 2.61. The van der Waals surface area contributed by atoms with E-state index in [1.54, 1.807) is 0 Å². The quantitative estimate of drug-likeness (QED) is 0.162. The Morgan fingerprint density at radius 3 is 1.29 bits per heavy atom. The molecule has 4 nitrogen and oxygen atoms in total. The highest BCUT2D eigenvalue weighted by Crippen LogP contribution is 2.67. The molecule has 78 heavy (non-hydrogen) atoms. The van der Waals surface area contributed by atoms with E-state index in [1.807, 2.05) is 0 Å². The number of hydrogen-bond acceptors (Lipinski definition) is 1. The van der Waals surface area contributed by atoms with Crippen molar-refractivity contribution in [1.82, 2.24) is 13.7 Å². The lowest BCUT2D eigenvalue weighted by atomic mass is 9.61. The Hall–Kier alpha value is -9.90. The van der Waals surface area contributed by atoms with Gasteiger partial charge in [0.2, 0.25) is 0 Å². The van der Waals surface area contributed by atoms with E-state index in [-0.39, 0.29) is 11.3 Å². The molecule has 0 aliphatic heterocycles. The molecule has 0 amide bonds. The van der Waals surface area contributed by atoms with Crippen LogP contribution in [0.2, 0.25) is 0 Å². The van der Waals surface area contributed by atoms with E-state index in [0.717, 1.165) is 45.2 Å². The lowest BCUT2D eigenvalue weighted by Gasteiger charge is -2.40. The van der Waals surface area contributed by atoms with Gasteiger partial charge in [-0.15, -0.1) is 0 Å². The average molecular weight is 995 g/mol. The van der Waals surface area contributed by atoms with Gasteiger partial charge in [-0.1, -0.05) is 195 Å². The predicted octanol–water partition coefficient (Wildman–Crippen LogP) is 18.8. The van der Waals surface area contributed by atoms with Crippen LogP contribution in [0.4, 0.5) is 17.1 Å². The first-order chi connectivity index (χ1) is 38.6. The fourth-order valence-electron chi connectivity index (χ4n) is 14.8. The third kappa shape index (κ3) is 5.73. The first-order valence-electron chi connectivity index (χ1n) is 27.3. The molecule has 3 heterocycles. The summed E-state index contributed by atoms with van der Waals surface area (Å²) >= 11 is 0. The molecule has 1 spiro atoms. The number of rotatable bonds is 6. The minimum absolute atomic E-state index is 0.168. The molecule has 366 valence electrons. The van der Waals surface area contributed by atoms with Crippen LogP contribution in [0, 0.1) is 5.92 Å². The molecule has 4 heteroatoms. The second kappa shape index (κ2) is 16.1. The van der Waals surface area contributed by atoms with Gasteiger partial charge in [0.15, 0.2) is 0 Å². The Bertz CT molecular complexity index is 4850. The number of benzene rings is 11. The Morgan fingerprint density at radius 2 is 0.744 bits per heavy atom. The summed E-state index contributed by atoms with van der Waals surface area (Å²) in [5.74, 6) is 0.168. The number of para-hydroxylation sites is 5. The van der Waals surface area contributed by atoms with Gasteiger partial charge in [-0.05, 0) is 124 Å². The van der Waals surface area contributed by atoms with Gasteiger partial charge >= 0.3 is 0 Å². The van der Waals surface area contributed by atoms with E-state index in [4.69, 9.17) is 0 Å². The van der Waals surface area contributed by atoms with Crippen LogP contribution in [0.15, 0.2) is 279 Å². The number of allylic oxidation sites excluding steroid dienone is 4. The van der Waals surface area contributed by atoms with Crippen molar-refractivity contribution in [1.29, 1.82) is 0 Å². The largest absolute Gasteiger partial charge is 0.310 e. The lowest BCUT2D eigenvalue weighted by Crippen LogP contribution is -2.38. The molecule has 0 N–H and O–H groups in total. The normalized spacial score (nSPS) is 16.7. The molecule has 0 saturated carbocycles. The molecule has 2 atom stereocenters. The Balaban J connectivity index is 0.946. The molecule has 2 unspecified atom stereocenters. The van der Waals surface area contributed by atoms with Gasteiger partial charge in [-0.3, -0.25) is 0 Å². The molecule has 17 rings (SSSR count). The van der Waals surface area contributed by atoms with Crippen LogP contribution < -0.4 is 4.90 Å². The fourth-order valence-corrected chi connectivity index (χ4v) is 14.8. The van der Waals surface area contributed by atoms with Crippen molar-refractivity contribution in [2.45, 2.75) is 17.8 Å². The summed E-state index contributed by atoms with van der Waals surface area (Å²) in [5.41, 5.74) is 21.2. The molecule has 3 aromatic heterocycles. The van der Waals surface area contributed by atoms with Crippen molar-refractivity contribution in [2.75, 3.05) is 4.90 Å². The lowest BCUT2D eigenvalue weighted by molar-refractivity contribution is 0.372. The molecule has 3 aliphatic carbocycles. The van der Waals surface area contributed by atoms with E-state index >= 15 is 0 Å². The first kappa shape index (κ1) is 43.4. The van der Waals surface area contributed by atoms with Gasteiger partial charge in [0.05, 0.1) is 38.5 Å². The highest BCUT2D eigenvalue weighted by atomic mass is 15.1. The fraction of sp³-hybridized carbons (Fsp3) is 0.0541. The molecule has 0 saturated heterocycles. The Morgan fingerprint density at radius 1 is 0.321 bits per heavy atom. The highest BCUT2D eigenvalue weighted by molar-refractivity contribution is 6.14. The molecule has 14 aromatic rings. The summed E-state index contributed by atoms with van der Waals surface area (Å²) in [4.78, 5) is 2.53. The number of aromatic nitrogens is 3. The van der Waals surface area contributed by atoms with E-state index in [2.05, 4.69) is 305 Å². The zero-order valence-electron chi connectivity index (χ0n) is 42.9. The minimum atomic E-state index is -0.416. The molecule has 0 fully saturated rings. The van der Waals surface area contributed by atoms with E-state index < -0.39 is 5.41 Å². The maximum atomic E-state index is 2.56. The summed E-state index contributed by atoms with van der Waals surface area (Å²) in [6.45, 7) is 2.46. The Labute approximate surface area is 451 Å². The van der Waals surface area contributed by atoms with Crippen molar-refractivity contribution in [3.8, 4) is 28.2 Å². The average Bonchev–Trinajstić information content (AvgIpc) is 3.85. The van der Waals surface area contributed by atoms with Gasteiger partial charge in [-0.25, -0.2) is 0 Å². The van der Waals surface area contributed by atoms with E-state index in [9.17, 15) is 0 Å². The van der Waals surface area contributed by atoms with Gasteiger partial charge in [0.25, 0.3) is 0 Å². The predicted molar refractivity (Wildman–Crippen MR) is 325 cm³/mol. The van der Waals surface area contributed by atoms with Crippen LogP contribution in [0.25, 0.3) is 93.6 Å². The second-order valence-electron chi connectivity index (χ2n) is 21.8. The SMILES string of the molecule is CC12C=CC=CC1C1(c3ccccc3-c3ccccc31)c1cc(N(c3ccc4c5ccccc5n(-c5ccccc5)c4c3)c3ccc4c5ccccc5n(-c5ccc6c7ccccc7n(-c7ccccc7)c6c5)c4c3)ccc12. The number of hydrogen-bond donors (Lipinski definition) is 0. The maximum Gasteiger partial charge on any atom is 0.0561 e. The smallest absolute Gasteiger partial charge is 0.0561 e. The summed E-state index contributed by atoms with van der Waals surface area (Å²) < 4.78 is 7.35. The second-order valence-corrected chi connectivity index (χ2v) is 21.8. The zero-order chi connectivity index (χ0) is 51.3. The van der Waals surface area contributed by atoms with Gasteiger partial charge in [-0.2, -0.15) is 0 Å². The maximum absolute atomic E-state index is 2.56. The van der Waals surface area contributed by atoms with Crippen molar-refractivity contribution in [2.24, 2.45) is 5.92 Å². The minimum Gasteiger partial charge on any atom is -0.310 e. The van der Waals surface area contributed by atoms with Crippen LogP contribution >= 0.6 is 0 Å². The van der Waals surface area contributed by atoms with Gasteiger partial charge in [0, 0.05) is 77.8 Å². The third-order valence-corrected chi connectivity index (χ3v) is 18.0. The van der Waals surface area contributed by atoms with Crippen LogP contribution in [0.5, 0.6) is 0 Å². The van der Waals surface area contributed by atoms with Crippen molar-refractivity contribution in [3.05, 3.63) is 301 Å². The van der Waals surface area contributed by atoms with Crippen molar-refractivity contribution >= 4 is 82.5 Å². The van der Waals surface area contributed by atoms with Crippen LogP contribution in [0.3, 0.4) is 0 Å². The standard InChI is InChI=1S/C74H50N4/c1-73-43-19-18-34-72(73)74(62-29-13-8-24-54(62)55-25-9-14-30-63(55)74)65-44-50(38-42-64(65)73)75(51-35-39-59-56-26-10-15-31-66(56)76(69(59)45-51)48-20-4-2-5-21-48)52-36-40-61-58-28-12-17-33-68(58)78(71(61)46-52)53-37-41-60-57-27-11-16-32-67(57)77(70(60)47-53)49-22-6-3-7-23-49/h2-47,72H,1H3. The summed E-state index contributed by atoms with van der Waals surface area (Å²) in [5, 5.41) is 7.36. The number of anilines is 3. The first-order valence-corrected chi connectivity index (χ1v) is 27.3. The molecule has 0 radical (unpaired) electrons. The van der Waals surface area contributed by atoms with E-state index in [0.29, 0.717) is 0 Å². The van der Waals surface area contributed by atoms with Crippen LogP contribution in [-0.2, 0) is 10.8 Å². The summed E-state index contributed by atoms with van der Waals surface area (Å²) in [7, 11) is 0. The van der Waals surface area contributed by atoms with Crippen molar-refractivity contribution < 1.29 is 0 Å². The molecular weight excluding hydrogens is 945 g/mol. The molecule has 0 bridgehead atoms. The number of nitrogens with zero attached hydrogens (tertiary/aromatic N) is 4. The molecular formula is C74H50N4. The summed E-state index contributed by atoms with van der Waals surface area (Å²) in [6, 6.07) is 95.3. The number of fused-ring (bicyclic) bond motifs is 19. The van der Waals surface area contributed by atoms with Crippen molar-refractivity contribution in [3.63, 3.8) is 0 Å². The van der Waals surface area contributed by atoms with E-state index in [1.165, 1.54) is 87.8 Å². The Kier molecular flexibility index (Phi) is 8.93. The topological polar surface area (TPSA) is 18.0 Å². The monoisotopic (exact) mass is 994 g/mol. The summed E-state index contributed by atoms with van der Waals surface area (Å²) in [6.07, 6.45) is 9.51. The molecule has 11 aromatic carbocycles. The van der Waals surface area contributed by atoms with Gasteiger partial charge < -0.3 is 18.6 Å².